The minimum atomic E-state index is -3.31. The lowest BCUT2D eigenvalue weighted by molar-refractivity contribution is -0.205. The van der Waals surface area contributed by atoms with E-state index >= 15 is 0 Å². The molecule has 0 aromatic rings. The predicted molar refractivity (Wildman–Crippen MR) is 64.5 cm³/mol. The van der Waals surface area contributed by atoms with E-state index in [-0.39, 0.29) is 17.3 Å². The minimum absolute atomic E-state index is 0.112. The zero-order chi connectivity index (χ0) is 12.9. The molecule has 1 heterocycles. The van der Waals surface area contributed by atoms with Crippen molar-refractivity contribution in [3.05, 3.63) is 0 Å². The average Bonchev–Trinajstić information content (AvgIpc) is 2.67. The van der Waals surface area contributed by atoms with E-state index in [0.717, 1.165) is 44.8 Å². The summed E-state index contributed by atoms with van der Waals surface area (Å²) in [5.41, 5.74) is 0.274. The molecule has 3 rings (SSSR count). The third-order valence-corrected chi connectivity index (χ3v) is 5.14. The number of hydrogen-bond acceptors (Lipinski definition) is 5. The van der Waals surface area contributed by atoms with Crippen LogP contribution in [0.2, 0.25) is 0 Å². The molecule has 0 radical (unpaired) electrons. The third-order valence-electron chi connectivity index (χ3n) is 4.52. The van der Waals surface area contributed by atoms with E-state index in [0.29, 0.717) is 13.2 Å². The molecule has 3 fully saturated rings. The van der Waals surface area contributed by atoms with Gasteiger partial charge < -0.3 is 9.47 Å². The molecule has 0 amide bonds. The second kappa shape index (κ2) is 4.16. The fraction of sp³-hybridized carbons (Fsp3) is 1.00. The average molecular weight is 276 g/mol. The normalized spacial score (nSPS) is 30.7. The van der Waals surface area contributed by atoms with E-state index in [1.54, 1.807) is 0 Å². The summed E-state index contributed by atoms with van der Waals surface area (Å²) in [7, 11) is -3.31. The molecule has 0 unspecified atom stereocenters. The maximum absolute atomic E-state index is 11.0. The molecule has 18 heavy (non-hydrogen) atoms. The highest BCUT2D eigenvalue weighted by Gasteiger charge is 2.52. The zero-order valence-electron chi connectivity index (χ0n) is 10.7. The van der Waals surface area contributed by atoms with Crippen LogP contribution in [0.5, 0.6) is 0 Å². The molecule has 3 aliphatic rings. The van der Waals surface area contributed by atoms with Crippen LogP contribution in [0.3, 0.4) is 0 Å². The van der Waals surface area contributed by atoms with Gasteiger partial charge in [0.2, 0.25) is 0 Å². The summed E-state index contributed by atoms with van der Waals surface area (Å²) in [5.74, 6) is -0.325. The molecule has 2 saturated carbocycles. The second-order valence-corrected chi connectivity index (χ2v) is 7.54. The van der Waals surface area contributed by atoms with Crippen LogP contribution < -0.4 is 0 Å². The Labute approximate surface area is 108 Å². The van der Waals surface area contributed by atoms with Crippen LogP contribution in [0, 0.1) is 5.41 Å². The van der Waals surface area contributed by atoms with Crippen molar-refractivity contribution in [3.63, 3.8) is 0 Å². The Morgan fingerprint density at radius 2 is 1.61 bits per heavy atom. The lowest BCUT2D eigenvalue weighted by atomic mass is 9.58. The van der Waals surface area contributed by atoms with E-state index in [1.165, 1.54) is 0 Å². The summed E-state index contributed by atoms with van der Waals surface area (Å²) >= 11 is 0. The van der Waals surface area contributed by atoms with E-state index < -0.39 is 10.1 Å². The quantitative estimate of drug-likeness (QED) is 0.714. The summed E-state index contributed by atoms with van der Waals surface area (Å²) in [4.78, 5) is 0. The largest absolute Gasteiger partial charge is 0.348 e. The molecule has 0 N–H and O–H groups in total. The molecule has 1 aliphatic heterocycles. The summed E-state index contributed by atoms with van der Waals surface area (Å²) in [5, 5.41) is 0. The Bertz CT molecular complexity index is 406. The fourth-order valence-corrected chi connectivity index (χ4v) is 4.21. The first kappa shape index (κ1) is 12.8. The summed E-state index contributed by atoms with van der Waals surface area (Å²) in [6.07, 6.45) is 6.68. The topological polar surface area (TPSA) is 61.8 Å². The highest BCUT2D eigenvalue weighted by molar-refractivity contribution is 7.86. The van der Waals surface area contributed by atoms with Gasteiger partial charge in [-0.25, -0.2) is 0 Å². The first-order chi connectivity index (χ1) is 8.41. The second-order valence-electron chi connectivity index (χ2n) is 5.94. The van der Waals surface area contributed by atoms with Crippen LogP contribution in [0.4, 0.5) is 0 Å². The molecule has 104 valence electrons. The lowest BCUT2D eigenvalue weighted by Crippen LogP contribution is -2.49. The van der Waals surface area contributed by atoms with Crippen molar-refractivity contribution in [1.29, 1.82) is 0 Å². The Kier molecular flexibility index (Phi) is 2.97. The Morgan fingerprint density at radius 1 is 1.06 bits per heavy atom. The minimum Gasteiger partial charge on any atom is -0.348 e. The summed E-state index contributed by atoms with van der Waals surface area (Å²) in [6.45, 7) is 1.40. The molecule has 2 spiro atoms. The third kappa shape index (κ3) is 2.43. The maximum atomic E-state index is 11.0. The summed E-state index contributed by atoms with van der Waals surface area (Å²) < 4.78 is 38.5. The van der Waals surface area contributed by atoms with E-state index in [9.17, 15) is 8.42 Å². The first-order valence-corrected chi connectivity index (χ1v) is 8.38. The van der Waals surface area contributed by atoms with Crippen molar-refractivity contribution < 1.29 is 22.1 Å². The Morgan fingerprint density at radius 3 is 2.11 bits per heavy atom. The van der Waals surface area contributed by atoms with Crippen molar-refractivity contribution in [3.8, 4) is 0 Å². The Hall–Kier alpha value is -0.170. The van der Waals surface area contributed by atoms with Gasteiger partial charge in [-0.15, -0.1) is 0 Å². The van der Waals surface area contributed by atoms with Crippen LogP contribution in [0.1, 0.15) is 38.5 Å². The number of ether oxygens (including phenoxy) is 2. The predicted octanol–water partition coefficient (Wildman–Crippen LogP) is 1.43. The standard InChI is InChI=1S/C12H20O5S/c1-18(13,14)17-10-8-11(9-10)2-4-12(5-3-11)15-6-7-16-12/h10H,2-9H2,1H3. The van der Waals surface area contributed by atoms with E-state index in [4.69, 9.17) is 13.7 Å². The highest BCUT2D eigenvalue weighted by Crippen LogP contribution is 2.56. The van der Waals surface area contributed by atoms with Gasteiger partial charge in [0.25, 0.3) is 10.1 Å². The number of hydrogen-bond donors (Lipinski definition) is 0. The van der Waals surface area contributed by atoms with E-state index in [1.807, 2.05) is 0 Å². The van der Waals surface area contributed by atoms with Crippen LogP contribution in [0.15, 0.2) is 0 Å². The van der Waals surface area contributed by atoms with Gasteiger partial charge in [-0.2, -0.15) is 8.42 Å². The van der Waals surface area contributed by atoms with Crippen LogP contribution in [-0.4, -0.2) is 39.8 Å². The number of rotatable bonds is 2. The molecular formula is C12H20O5S. The van der Waals surface area contributed by atoms with Gasteiger partial charge in [-0.05, 0) is 31.1 Å². The van der Waals surface area contributed by atoms with Gasteiger partial charge in [0.1, 0.15) is 0 Å². The first-order valence-electron chi connectivity index (χ1n) is 6.57. The van der Waals surface area contributed by atoms with Crippen molar-refractivity contribution in [1.82, 2.24) is 0 Å². The smallest absolute Gasteiger partial charge is 0.264 e. The zero-order valence-corrected chi connectivity index (χ0v) is 11.5. The molecule has 0 bridgehead atoms. The molecule has 1 saturated heterocycles. The van der Waals surface area contributed by atoms with Gasteiger partial charge in [-0.3, -0.25) is 4.18 Å². The molecule has 0 aromatic carbocycles. The van der Waals surface area contributed by atoms with Crippen molar-refractivity contribution >= 4 is 10.1 Å². The van der Waals surface area contributed by atoms with Crippen LogP contribution in [0.25, 0.3) is 0 Å². The van der Waals surface area contributed by atoms with Gasteiger partial charge in [0.15, 0.2) is 5.79 Å². The molecule has 6 heteroatoms. The highest BCUT2D eigenvalue weighted by atomic mass is 32.2. The van der Waals surface area contributed by atoms with Crippen LogP contribution >= 0.6 is 0 Å². The van der Waals surface area contributed by atoms with Crippen molar-refractivity contribution in [2.45, 2.75) is 50.4 Å². The molecule has 5 nitrogen and oxygen atoms in total. The Balaban J connectivity index is 1.52. The SMILES string of the molecule is CS(=O)(=O)OC1CC2(CCC3(CC2)OCCO3)C1. The van der Waals surface area contributed by atoms with E-state index in [2.05, 4.69) is 0 Å². The monoisotopic (exact) mass is 276 g/mol. The van der Waals surface area contributed by atoms with Gasteiger partial charge >= 0.3 is 0 Å². The van der Waals surface area contributed by atoms with Crippen molar-refractivity contribution in [2.24, 2.45) is 5.41 Å². The lowest BCUT2D eigenvalue weighted by Gasteiger charge is -2.52. The van der Waals surface area contributed by atoms with Gasteiger partial charge in [0.05, 0.1) is 25.6 Å². The molecular weight excluding hydrogens is 256 g/mol. The maximum Gasteiger partial charge on any atom is 0.264 e. The van der Waals surface area contributed by atoms with Gasteiger partial charge in [-0.1, -0.05) is 0 Å². The molecule has 0 aromatic heterocycles. The fourth-order valence-electron chi connectivity index (χ4n) is 3.58. The molecule has 2 aliphatic carbocycles. The summed E-state index contributed by atoms with van der Waals surface area (Å²) in [6, 6.07) is 0. The van der Waals surface area contributed by atoms with Gasteiger partial charge in [0, 0.05) is 12.8 Å². The molecule has 0 atom stereocenters. The van der Waals surface area contributed by atoms with Crippen LogP contribution in [-0.2, 0) is 23.8 Å². The van der Waals surface area contributed by atoms with Crippen molar-refractivity contribution in [2.75, 3.05) is 19.5 Å².